The van der Waals surface area contributed by atoms with E-state index in [1.54, 1.807) is 12.0 Å². The van der Waals surface area contributed by atoms with Crippen LogP contribution in [-0.4, -0.2) is 43.7 Å². The van der Waals surface area contributed by atoms with Crippen molar-refractivity contribution in [3.05, 3.63) is 23.8 Å². The van der Waals surface area contributed by atoms with Gasteiger partial charge in [0.05, 0.1) is 11.8 Å². The number of hydrogen-bond donors (Lipinski definition) is 1. The summed E-state index contributed by atoms with van der Waals surface area (Å²) in [5, 5.41) is 0. The number of nitrogens with zero attached hydrogens (tertiary/aromatic N) is 1. The minimum atomic E-state index is -2.98. The van der Waals surface area contributed by atoms with Crippen LogP contribution in [-0.2, 0) is 4.74 Å². The zero-order valence-electron chi connectivity index (χ0n) is 10.3. The van der Waals surface area contributed by atoms with Crippen molar-refractivity contribution in [2.24, 2.45) is 0 Å². The molecule has 2 N–H and O–H groups in total. The molecule has 2 rings (SSSR count). The van der Waals surface area contributed by atoms with E-state index in [0.29, 0.717) is 13.1 Å². The lowest BCUT2D eigenvalue weighted by Crippen LogP contribution is -2.54. The largest absolute Gasteiger partial charge is 0.433 e. The van der Waals surface area contributed by atoms with Crippen molar-refractivity contribution in [3.8, 4) is 5.75 Å². The molecule has 1 amide bonds. The molecule has 1 heterocycles. The van der Waals surface area contributed by atoms with Crippen LogP contribution in [0.3, 0.4) is 0 Å². The Morgan fingerprint density at radius 2 is 2.16 bits per heavy atom. The van der Waals surface area contributed by atoms with Gasteiger partial charge in [-0.2, -0.15) is 8.78 Å². The fraction of sp³-hybridized carbons (Fsp3) is 0.417. The monoisotopic (exact) mass is 272 g/mol. The van der Waals surface area contributed by atoms with Crippen molar-refractivity contribution in [2.45, 2.75) is 12.7 Å². The topological polar surface area (TPSA) is 64.8 Å². The molecule has 104 valence electrons. The van der Waals surface area contributed by atoms with Crippen molar-refractivity contribution in [1.82, 2.24) is 4.90 Å². The fourth-order valence-corrected chi connectivity index (χ4v) is 1.80. The van der Waals surface area contributed by atoms with Crippen LogP contribution in [0.15, 0.2) is 18.2 Å². The van der Waals surface area contributed by atoms with E-state index in [1.807, 2.05) is 0 Å². The highest BCUT2D eigenvalue weighted by Gasteiger charge is 2.31. The molecule has 19 heavy (non-hydrogen) atoms. The van der Waals surface area contributed by atoms with Gasteiger partial charge in [0.2, 0.25) is 0 Å². The summed E-state index contributed by atoms with van der Waals surface area (Å²) in [6, 6.07) is 4.08. The highest BCUT2D eigenvalue weighted by atomic mass is 19.3. The number of carbonyl (C=O) groups excluding carboxylic acids is 1. The second-order valence-electron chi connectivity index (χ2n) is 4.20. The van der Waals surface area contributed by atoms with Gasteiger partial charge in [-0.05, 0) is 18.2 Å². The Labute approximate surface area is 108 Å². The number of methoxy groups -OCH3 is 1. The summed E-state index contributed by atoms with van der Waals surface area (Å²) in [5.41, 5.74) is 5.83. The molecule has 1 aromatic rings. The summed E-state index contributed by atoms with van der Waals surface area (Å²) in [6.45, 7) is -2.00. The lowest BCUT2D eigenvalue weighted by molar-refractivity contribution is -0.0494. The Bertz CT molecular complexity index is 476. The number of alkyl halides is 2. The van der Waals surface area contributed by atoms with E-state index >= 15 is 0 Å². The molecule has 0 aliphatic carbocycles. The molecule has 1 aromatic carbocycles. The lowest BCUT2D eigenvalue weighted by atomic mass is 10.1. The third-order valence-corrected chi connectivity index (χ3v) is 2.95. The SMILES string of the molecule is COC1CN(C(=O)c2ccc(N)c(OC(F)F)c2)C1. The highest BCUT2D eigenvalue weighted by molar-refractivity contribution is 5.95. The molecule has 0 atom stereocenters. The average molecular weight is 272 g/mol. The Kier molecular flexibility index (Phi) is 3.84. The first-order chi connectivity index (χ1) is 9.01. The molecule has 7 heteroatoms. The minimum Gasteiger partial charge on any atom is -0.433 e. The van der Waals surface area contributed by atoms with Crippen LogP contribution in [0, 0.1) is 0 Å². The third-order valence-electron chi connectivity index (χ3n) is 2.95. The number of ether oxygens (including phenoxy) is 2. The summed E-state index contributed by atoms with van der Waals surface area (Å²) >= 11 is 0. The molecule has 0 bridgehead atoms. The lowest BCUT2D eigenvalue weighted by Gasteiger charge is -2.38. The molecule has 0 aromatic heterocycles. The predicted molar refractivity (Wildman–Crippen MR) is 64.2 cm³/mol. The van der Waals surface area contributed by atoms with Crippen LogP contribution in [0.25, 0.3) is 0 Å². The third kappa shape index (κ3) is 2.93. The van der Waals surface area contributed by atoms with Gasteiger partial charge >= 0.3 is 6.61 Å². The average Bonchev–Trinajstić information content (AvgIpc) is 2.30. The summed E-state index contributed by atoms with van der Waals surface area (Å²) in [5.74, 6) is -0.447. The zero-order chi connectivity index (χ0) is 14.0. The van der Waals surface area contributed by atoms with E-state index < -0.39 is 6.61 Å². The van der Waals surface area contributed by atoms with Crippen molar-refractivity contribution in [3.63, 3.8) is 0 Å². The Balaban J connectivity index is 2.10. The minimum absolute atomic E-state index is 0.0366. The van der Waals surface area contributed by atoms with E-state index in [-0.39, 0.29) is 29.0 Å². The maximum Gasteiger partial charge on any atom is 0.387 e. The van der Waals surface area contributed by atoms with Crippen LogP contribution in [0.2, 0.25) is 0 Å². The van der Waals surface area contributed by atoms with Gasteiger partial charge in [-0.1, -0.05) is 0 Å². The molecular formula is C12H14F2N2O3. The second-order valence-corrected chi connectivity index (χ2v) is 4.20. The number of likely N-dealkylation sites (tertiary alicyclic amines) is 1. The van der Waals surface area contributed by atoms with Crippen LogP contribution in [0.4, 0.5) is 14.5 Å². The summed E-state index contributed by atoms with van der Waals surface area (Å²) in [7, 11) is 1.57. The van der Waals surface area contributed by atoms with E-state index in [4.69, 9.17) is 10.5 Å². The number of halogens is 2. The molecular weight excluding hydrogens is 258 g/mol. The Morgan fingerprint density at radius 1 is 1.47 bits per heavy atom. The first kappa shape index (κ1) is 13.5. The van der Waals surface area contributed by atoms with Crippen molar-refractivity contribution >= 4 is 11.6 Å². The number of amides is 1. The quantitative estimate of drug-likeness (QED) is 0.840. The van der Waals surface area contributed by atoms with Crippen molar-refractivity contribution in [1.29, 1.82) is 0 Å². The maximum absolute atomic E-state index is 12.2. The number of hydrogen-bond acceptors (Lipinski definition) is 4. The fourth-order valence-electron chi connectivity index (χ4n) is 1.80. The van der Waals surface area contributed by atoms with E-state index in [1.165, 1.54) is 18.2 Å². The molecule has 0 saturated carbocycles. The van der Waals surface area contributed by atoms with Gasteiger partial charge in [-0.3, -0.25) is 4.79 Å². The molecule has 0 unspecified atom stereocenters. The van der Waals surface area contributed by atoms with Gasteiger partial charge in [0, 0.05) is 25.8 Å². The molecule has 1 aliphatic heterocycles. The summed E-state index contributed by atoms with van der Waals surface area (Å²) < 4.78 is 33.7. The normalized spacial score (nSPS) is 15.5. The summed E-state index contributed by atoms with van der Waals surface area (Å²) in [4.78, 5) is 13.6. The predicted octanol–water partition coefficient (Wildman–Crippen LogP) is 1.34. The van der Waals surface area contributed by atoms with Gasteiger partial charge in [0.1, 0.15) is 5.75 Å². The number of anilines is 1. The van der Waals surface area contributed by atoms with Crippen molar-refractivity contribution < 1.29 is 23.0 Å². The van der Waals surface area contributed by atoms with E-state index in [0.717, 1.165) is 0 Å². The molecule has 0 spiro atoms. The number of benzene rings is 1. The molecule has 1 saturated heterocycles. The summed E-state index contributed by atoms with van der Waals surface area (Å²) in [6.07, 6.45) is 0.0366. The first-order valence-electron chi connectivity index (χ1n) is 5.67. The van der Waals surface area contributed by atoms with Gasteiger partial charge in [0.25, 0.3) is 5.91 Å². The van der Waals surface area contributed by atoms with Crippen LogP contribution in [0.5, 0.6) is 5.75 Å². The van der Waals surface area contributed by atoms with E-state index in [9.17, 15) is 13.6 Å². The molecule has 5 nitrogen and oxygen atoms in total. The Hall–Kier alpha value is -1.89. The van der Waals surface area contributed by atoms with Crippen LogP contribution >= 0.6 is 0 Å². The first-order valence-corrected chi connectivity index (χ1v) is 5.67. The number of nitrogen functional groups attached to an aromatic ring is 1. The van der Waals surface area contributed by atoms with Crippen molar-refractivity contribution in [2.75, 3.05) is 25.9 Å². The van der Waals surface area contributed by atoms with Crippen LogP contribution in [0.1, 0.15) is 10.4 Å². The molecule has 0 radical (unpaired) electrons. The van der Waals surface area contributed by atoms with Gasteiger partial charge in [-0.15, -0.1) is 0 Å². The highest BCUT2D eigenvalue weighted by Crippen LogP contribution is 2.26. The number of rotatable bonds is 4. The second kappa shape index (κ2) is 5.40. The van der Waals surface area contributed by atoms with E-state index in [2.05, 4.69) is 4.74 Å². The Morgan fingerprint density at radius 3 is 2.74 bits per heavy atom. The molecule has 1 aliphatic rings. The molecule has 1 fully saturated rings. The standard InChI is InChI=1S/C12H14F2N2O3/c1-18-8-5-16(6-8)11(17)7-2-3-9(15)10(4-7)19-12(13)14/h2-4,8,12H,5-6,15H2,1H3. The number of nitrogens with two attached hydrogens (primary N) is 1. The van der Waals surface area contributed by atoms with Gasteiger partial charge in [-0.25, -0.2) is 0 Å². The maximum atomic E-state index is 12.2. The number of carbonyl (C=O) groups is 1. The van der Waals surface area contributed by atoms with Gasteiger partial charge < -0.3 is 20.1 Å². The smallest absolute Gasteiger partial charge is 0.387 e. The van der Waals surface area contributed by atoms with Gasteiger partial charge in [0.15, 0.2) is 0 Å². The van der Waals surface area contributed by atoms with Crippen LogP contribution < -0.4 is 10.5 Å². The zero-order valence-corrected chi connectivity index (χ0v) is 10.3.